The summed E-state index contributed by atoms with van der Waals surface area (Å²) in [6.07, 6.45) is 1.81. The zero-order valence-corrected chi connectivity index (χ0v) is 8.05. The molecule has 0 radical (unpaired) electrons. The Morgan fingerprint density at radius 3 is 2.33 bits per heavy atom. The molecular formula is C9H15N3. The van der Waals surface area contributed by atoms with Gasteiger partial charge in [-0.15, -0.1) is 0 Å². The second kappa shape index (κ2) is 2.83. The van der Waals surface area contributed by atoms with Crippen molar-refractivity contribution in [1.82, 2.24) is 9.97 Å². The van der Waals surface area contributed by atoms with Crippen LogP contribution in [-0.2, 0) is 5.54 Å². The smallest absolute Gasteiger partial charge is 0.147 e. The van der Waals surface area contributed by atoms with Crippen LogP contribution in [0.3, 0.4) is 0 Å². The summed E-state index contributed by atoms with van der Waals surface area (Å²) in [6, 6.07) is 0. The molecule has 1 rings (SSSR count). The molecule has 0 unspecified atom stereocenters. The van der Waals surface area contributed by atoms with Gasteiger partial charge < -0.3 is 5.73 Å². The quantitative estimate of drug-likeness (QED) is 0.682. The van der Waals surface area contributed by atoms with E-state index in [1.54, 1.807) is 0 Å². The zero-order valence-electron chi connectivity index (χ0n) is 8.05. The average Bonchev–Trinajstić information content (AvgIpc) is 1.92. The molecule has 3 nitrogen and oxygen atoms in total. The standard InChI is InChI=1S/C9H15N3/c1-6-5-11-8(9(3,4)10)12-7(6)2/h5H,10H2,1-4H3. The molecule has 0 aromatic carbocycles. The highest BCUT2D eigenvalue weighted by atomic mass is 14.9. The third kappa shape index (κ3) is 1.80. The number of aryl methyl sites for hydroxylation is 2. The summed E-state index contributed by atoms with van der Waals surface area (Å²) in [5, 5.41) is 0. The van der Waals surface area contributed by atoms with Crippen molar-refractivity contribution in [2.75, 3.05) is 0 Å². The van der Waals surface area contributed by atoms with Crippen LogP contribution in [0.15, 0.2) is 6.20 Å². The van der Waals surface area contributed by atoms with Crippen molar-refractivity contribution in [3.8, 4) is 0 Å². The molecule has 12 heavy (non-hydrogen) atoms. The molecule has 0 atom stereocenters. The molecule has 2 N–H and O–H groups in total. The van der Waals surface area contributed by atoms with Crippen molar-refractivity contribution >= 4 is 0 Å². The molecule has 0 fully saturated rings. The summed E-state index contributed by atoms with van der Waals surface area (Å²) in [4.78, 5) is 8.48. The lowest BCUT2D eigenvalue weighted by Gasteiger charge is -2.16. The van der Waals surface area contributed by atoms with Crippen LogP contribution in [0.5, 0.6) is 0 Å². The Hall–Kier alpha value is -0.960. The molecule has 1 aromatic rings. The van der Waals surface area contributed by atoms with Crippen molar-refractivity contribution < 1.29 is 0 Å². The lowest BCUT2D eigenvalue weighted by molar-refractivity contribution is 0.511. The first-order valence-electron chi connectivity index (χ1n) is 4.01. The third-order valence-electron chi connectivity index (χ3n) is 1.80. The molecule has 0 aliphatic carbocycles. The van der Waals surface area contributed by atoms with Crippen LogP contribution in [0.2, 0.25) is 0 Å². The predicted octanol–water partition coefficient (Wildman–Crippen LogP) is 1.29. The molecule has 0 bridgehead atoms. The summed E-state index contributed by atoms with van der Waals surface area (Å²) in [7, 11) is 0. The van der Waals surface area contributed by atoms with E-state index in [0.717, 1.165) is 11.3 Å². The highest BCUT2D eigenvalue weighted by Gasteiger charge is 2.17. The minimum atomic E-state index is -0.446. The van der Waals surface area contributed by atoms with Crippen LogP contribution < -0.4 is 5.73 Å². The van der Waals surface area contributed by atoms with E-state index in [9.17, 15) is 0 Å². The molecular weight excluding hydrogens is 150 g/mol. The monoisotopic (exact) mass is 165 g/mol. The Morgan fingerprint density at radius 2 is 1.92 bits per heavy atom. The maximum Gasteiger partial charge on any atom is 0.147 e. The van der Waals surface area contributed by atoms with Gasteiger partial charge >= 0.3 is 0 Å². The third-order valence-corrected chi connectivity index (χ3v) is 1.80. The molecule has 0 aliphatic rings. The maximum atomic E-state index is 5.85. The van der Waals surface area contributed by atoms with E-state index in [1.807, 2.05) is 33.9 Å². The Labute approximate surface area is 73.0 Å². The van der Waals surface area contributed by atoms with E-state index in [2.05, 4.69) is 9.97 Å². The molecule has 0 saturated heterocycles. The van der Waals surface area contributed by atoms with Gasteiger partial charge in [-0.05, 0) is 33.3 Å². The number of nitrogens with two attached hydrogens (primary N) is 1. The molecule has 0 aliphatic heterocycles. The van der Waals surface area contributed by atoms with E-state index in [4.69, 9.17) is 5.73 Å². The number of nitrogens with zero attached hydrogens (tertiary/aromatic N) is 2. The highest BCUT2D eigenvalue weighted by molar-refractivity contribution is 5.16. The lowest BCUT2D eigenvalue weighted by Crippen LogP contribution is -2.31. The van der Waals surface area contributed by atoms with Crippen LogP contribution in [-0.4, -0.2) is 9.97 Å². The Kier molecular flexibility index (Phi) is 2.15. The average molecular weight is 165 g/mol. The Balaban J connectivity index is 3.14. The van der Waals surface area contributed by atoms with Crippen molar-refractivity contribution in [3.63, 3.8) is 0 Å². The largest absolute Gasteiger partial charge is 0.319 e. The first-order chi connectivity index (χ1) is 5.41. The number of rotatable bonds is 1. The fourth-order valence-electron chi connectivity index (χ4n) is 0.838. The second-order valence-corrected chi connectivity index (χ2v) is 3.68. The summed E-state index contributed by atoms with van der Waals surface area (Å²) >= 11 is 0. The first-order valence-corrected chi connectivity index (χ1v) is 4.01. The molecule has 1 heterocycles. The van der Waals surface area contributed by atoms with E-state index >= 15 is 0 Å². The van der Waals surface area contributed by atoms with Gasteiger partial charge in [-0.2, -0.15) is 0 Å². The molecule has 0 amide bonds. The minimum Gasteiger partial charge on any atom is -0.319 e. The fraction of sp³-hybridized carbons (Fsp3) is 0.556. The van der Waals surface area contributed by atoms with Gasteiger partial charge in [-0.3, -0.25) is 0 Å². The topological polar surface area (TPSA) is 51.8 Å². The maximum absolute atomic E-state index is 5.85. The summed E-state index contributed by atoms with van der Waals surface area (Å²) in [6.45, 7) is 7.75. The Bertz CT molecular complexity index is 286. The van der Waals surface area contributed by atoms with Gasteiger partial charge in [0.2, 0.25) is 0 Å². The van der Waals surface area contributed by atoms with Crippen LogP contribution >= 0.6 is 0 Å². The first kappa shape index (κ1) is 9.13. The van der Waals surface area contributed by atoms with Crippen LogP contribution in [0, 0.1) is 13.8 Å². The van der Waals surface area contributed by atoms with Crippen molar-refractivity contribution in [3.05, 3.63) is 23.3 Å². The number of hydrogen-bond donors (Lipinski definition) is 1. The summed E-state index contributed by atoms with van der Waals surface area (Å²) < 4.78 is 0. The highest BCUT2D eigenvalue weighted by Crippen LogP contribution is 2.12. The van der Waals surface area contributed by atoms with E-state index in [0.29, 0.717) is 5.82 Å². The van der Waals surface area contributed by atoms with Gasteiger partial charge in [0.1, 0.15) is 5.82 Å². The number of aromatic nitrogens is 2. The normalized spacial score (nSPS) is 11.8. The van der Waals surface area contributed by atoms with E-state index in [1.165, 1.54) is 0 Å². The summed E-state index contributed by atoms with van der Waals surface area (Å²) in [5.74, 6) is 0.700. The van der Waals surface area contributed by atoms with Crippen molar-refractivity contribution in [2.24, 2.45) is 5.73 Å². The van der Waals surface area contributed by atoms with Crippen LogP contribution in [0.25, 0.3) is 0 Å². The molecule has 0 spiro atoms. The predicted molar refractivity (Wildman–Crippen MR) is 48.7 cm³/mol. The zero-order chi connectivity index (χ0) is 9.35. The molecule has 0 saturated carbocycles. The van der Waals surface area contributed by atoms with Gasteiger partial charge in [-0.25, -0.2) is 9.97 Å². The SMILES string of the molecule is Cc1cnc(C(C)(C)N)nc1C. The molecule has 3 heteroatoms. The van der Waals surface area contributed by atoms with E-state index < -0.39 is 5.54 Å². The second-order valence-electron chi connectivity index (χ2n) is 3.68. The van der Waals surface area contributed by atoms with Crippen molar-refractivity contribution in [2.45, 2.75) is 33.2 Å². The summed E-state index contributed by atoms with van der Waals surface area (Å²) in [5.41, 5.74) is 7.50. The van der Waals surface area contributed by atoms with Gasteiger partial charge in [0.05, 0.1) is 5.54 Å². The number of hydrogen-bond acceptors (Lipinski definition) is 3. The van der Waals surface area contributed by atoms with Crippen molar-refractivity contribution in [1.29, 1.82) is 0 Å². The van der Waals surface area contributed by atoms with Gasteiger partial charge in [0.15, 0.2) is 0 Å². The van der Waals surface area contributed by atoms with Gasteiger partial charge in [-0.1, -0.05) is 0 Å². The molecule has 66 valence electrons. The Morgan fingerprint density at radius 1 is 1.33 bits per heavy atom. The van der Waals surface area contributed by atoms with E-state index in [-0.39, 0.29) is 0 Å². The van der Waals surface area contributed by atoms with Gasteiger partial charge in [0, 0.05) is 11.9 Å². The lowest BCUT2D eigenvalue weighted by atomic mass is 10.1. The van der Waals surface area contributed by atoms with Crippen LogP contribution in [0.1, 0.15) is 30.9 Å². The minimum absolute atomic E-state index is 0.446. The van der Waals surface area contributed by atoms with Gasteiger partial charge in [0.25, 0.3) is 0 Å². The molecule has 1 aromatic heterocycles. The fourth-order valence-corrected chi connectivity index (χ4v) is 0.838. The van der Waals surface area contributed by atoms with Crippen LogP contribution in [0.4, 0.5) is 0 Å².